The third-order valence-electron chi connectivity index (χ3n) is 2.22. The zero-order valence-electron chi connectivity index (χ0n) is 9.88. The molecule has 106 valence electrons. The van der Waals surface area contributed by atoms with Gasteiger partial charge in [0.15, 0.2) is 0 Å². The van der Waals surface area contributed by atoms with Crippen LogP contribution >= 0.6 is 35.8 Å². The summed E-state index contributed by atoms with van der Waals surface area (Å²) in [6.45, 7) is 0. The van der Waals surface area contributed by atoms with Gasteiger partial charge in [-0.2, -0.15) is 8.78 Å². The quantitative estimate of drug-likeness (QED) is 0.500. The fourth-order valence-corrected chi connectivity index (χ4v) is 1.90. The van der Waals surface area contributed by atoms with Crippen molar-refractivity contribution in [2.75, 3.05) is 19.5 Å². The van der Waals surface area contributed by atoms with Gasteiger partial charge < -0.3 is 5.32 Å². The zero-order chi connectivity index (χ0) is 14.8. The van der Waals surface area contributed by atoms with Gasteiger partial charge in [0.1, 0.15) is 0 Å². The maximum Gasteiger partial charge on any atom is 0.349 e. The Morgan fingerprint density at radius 2 is 2.11 bits per heavy atom. The van der Waals surface area contributed by atoms with E-state index in [4.69, 9.17) is 23.2 Å². The molecule has 0 saturated carbocycles. The molecule has 0 unspecified atom stereocenters. The first-order valence-corrected chi connectivity index (χ1v) is 6.06. The van der Waals surface area contributed by atoms with E-state index in [0.717, 1.165) is 11.1 Å². The molecule has 9 heteroatoms. The number of urea groups is 1. The molecule has 0 atom stereocenters. The minimum Gasteiger partial charge on any atom is -0.305 e. The topological polar surface area (TPSA) is 41.6 Å². The highest BCUT2D eigenvalue weighted by Gasteiger charge is 2.32. The molecule has 0 fully saturated rings. The molecule has 0 heterocycles. The van der Waals surface area contributed by atoms with Gasteiger partial charge in [0.2, 0.25) is 0 Å². The number of alkyl halides is 3. The van der Waals surface area contributed by atoms with Gasteiger partial charge in [-0.05, 0) is 23.7 Å². The molecule has 19 heavy (non-hydrogen) atoms. The first-order valence-electron chi connectivity index (χ1n) is 4.86. The Morgan fingerprint density at radius 3 is 2.58 bits per heavy atom. The number of hydrogen-bond donors (Lipinski definition) is 2. The van der Waals surface area contributed by atoms with Crippen molar-refractivity contribution in [1.82, 2.24) is 5.06 Å². The van der Waals surface area contributed by atoms with Gasteiger partial charge in [-0.15, -0.1) is 12.6 Å². The Morgan fingerprint density at radius 1 is 1.53 bits per heavy atom. The van der Waals surface area contributed by atoms with Crippen molar-refractivity contribution in [3.8, 4) is 0 Å². The van der Waals surface area contributed by atoms with Gasteiger partial charge in [-0.3, -0.25) is 4.84 Å². The van der Waals surface area contributed by atoms with Crippen molar-refractivity contribution >= 4 is 47.5 Å². The second kappa shape index (κ2) is 6.13. The molecule has 0 bridgehead atoms. The average Bonchev–Trinajstić information content (AvgIpc) is 2.32. The molecule has 1 rings (SSSR count). The predicted molar refractivity (Wildman–Crippen MR) is 72.2 cm³/mol. The lowest BCUT2D eigenvalue weighted by molar-refractivity contribution is -0.0598. The summed E-state index contributed by atoms with van der Waals surface area (Å²) in [5.74, 6) is 0. The SMILES string of the molecule is CON(C)C(=O)Nc1ccc(C(F)(F)Cl)c(Cl)c1S. The van der Waals surface area contributed by atoms with Crippen molar-refractivity contribution in [1.29, 1.82) is 0 Å². The van der Waals surface area contributed by atoms with Gasteiger partial charge in [0, 0.05) is 11.9 Å². The number of amides is 2. The fourth-order valence-electron chi connectivity index (χ4n) is 1.16. The highest BCUT2D eigenvalue weighted by atomic mass is 35.5. The summed E-state index contributed by atoms with van der Waals surface area (Å²) in [6.07, 6.45) is 0. The summed E-state index contributed by atoms with van der Waals surface area (Å²) < 4.78 is 26.0. The second-order valence-electron chi connectivity index (χ2n) is 3.43. The number of rotatable bonds is 3. The zero-order valence-corrected chi connectivity index (χ0v) is 12.3. The summed E-state index contributed by atoms with van der Waals surface area (Å²) in [7, 11) is 2.67. The van der Waals surface area contributed by atoms with E-state index in [1.165, 1.54) is 20.2 Å². The van der Waals surface area contributed by atoms with Gasteiger partial charge >= 0.3 is 11.4 Å². The number of nitrogens with one attached hydrogen (secondary N) is 1. The number of thiol groups is 1. The number of carbonyl (C=O) groups excluding carboxylic acids is 1. The van der Waals surface area contributed by atoms with Gasteiger partial charge in [0.05, 0.1) is 23.4 Å². The number of anilines is 1. The minimum atomic E-state index is -3.61. The number of nitrogens with zero attached hydrogens (tertiary/aromatic N) is 1. The number of hydrogen-bond acceptors (Lipinski definition) is 3. The first kappa shape index (κ1) is 16.3. The highest BCUT2D eigenvalue weighted by molar-refractivity contribution is 7.80. The predicted octanol–water partition coefficient (Wildman–Crippen LogP) is 3.94. The number of benzene rings is 1. The van der Waals surface area contributed by atoms with Crippen LogP contribution in [0.4, 0.5) is 19.3 Å². The number of carbonyl (C=O) groups is 1. The third-order valence-corrected chi connectivity index (χ3v) is 3.42. The first-order chi connectivity index (χ1) is 8.68. The van der Waals surface area contributed by atoms with E-state index >= 15 is 0 Å². The van der Waals surface area contributed by atoms with Crippen molar-refractivity contribution < 1.29 is 18.4 Å². The fraction of sp³-hybridized carbons (Fsp3) is 0.300. The van der Waals surface area contributed by atoms with Crippen LogP contribution in [0.15, 0.2) is 17.0 Å². The van der Waals surface area contributed by atoms with Gasteiger partial charge in [-0.1, -0.05) is 11.6 Å². The molecule has 0 aromatic heterocycles. The van der Waals surface area contributed by atoms with Gasteiger partial charge in [-0.25, -0.2) is 9.86 Å². The molecule has 1 aromatic rings. The Labute approximate surface area is 124 Å². The highest BCUT2D eigenvalue weighted by Crippen LogP contribution is 2.41. The van der Waals surface area contributed by atoms with E-state index in [9.17, 15) is 13.6 Å². The van der Waals surface area contributed by atoms with Crippen LogP contribution in [0.25, 0.3) is 0 Å². The van der Waals surface area contributed by atoms with E-state index in [0.29, 0.717) is 0 Å². The molecular formula is C10H10Cl2F2N2O2S. The van der Waals surface area contributed by atoms with E-state index in [1.807, 2.05) is 0 Å². The summed E-state index contributed by atoms with van der Waals surface area (Å²) >= 11 is 14.6. The Kier molecular flexibility index (Phi) is 5.26. The summed E-state index contributed by atoms with van der Waals surface area (Å²) in [6, 6.07) is 1.62. The van der Waals surface area contributed by atoms with Crippen molar-refractivity contribution in [2.45, 2.75) is 10.3 Å². The maximum absolute atomic E-state index is 13.0. The smallest absolute Gasteiger partial charge is 0.305 e. The summed E-state index contributed by atoms with van der Waals surface area (Å²) in [4.78, 5) is 16.2. The van der Waals surface area contributed by atoms with Crippen LogP contribution in [0.5, 0.6) is 0 Å². The van der Waals surface area contributed by atoms with Crippen molar-refractivity contribution in [3.05, 3.63) is 22.7 Å². The van der Waals surface area contributed by atoms with Crippen molar-refractivity contribution in [3.63, 3.8) is 0 Å². The molecule has 2 amide bonds. The van der Waals surface area contributed by atoms with Crippen LogP contribution < -0.4 is 5.32 Å². The van der Waals surface area contributed by atoms with E-state index < -0.39 is 17.0 Å². The average molecular weight is 331 g/mol. The molecule has 0 aliphatic carbocycles. The molecule has 1 N–H and O–H groups in total. The van der Waals surface area contributed by atoms with E-state index in [-0.39, 0.29) is 15.6 Å². The third kappa shape index (κ3) is 3.85. The monoisotopic (exact) mass is 330 g/mol. The largest absolute Gasteiger partial charge is 0.349 e. The van der Waals surface area contributed by atoms with Crippen LogP contribution in [-0.2, 0) is 10.2 Å². The standard InChI is InChI=1S/C10H10Cl2F2N2O2S/c1-16(18-2)9(17)15-6-4-3-5(10(12,13)14)7(11)8(6)19/h3-4,19H,1-2H3,(H,15,17). The number of halogens is 4. The second-order valence-corrected chi connectivity index (χ2v) is 4.73. The van der Waals surface area contributed by atoms with Crippen LogP contribution in [-0.4, -0.2) is 25.3 Å². The maximum atomic E-state index is 13.0. The Balaban J connectivity index is 3.07. The Hall–Kier alpha value is -0.760. The summed E-state index contributed by atoms with van der Waals surface area (Å²) in [5.41, 5.74) is -0.425. The molecule has 0 spiro atoms. The lowest BCUT2D eigenvalue weighted by Crippen LogP contribution is -2.30. The molecule has 4 nitrogen and oxygen atoms in total. The molecule has 0 aliphatic heterocycles. The van der Waals surface area contributed by atoms with Crippen LogP contribution in [0.1, 0.15) is 5.56 Å². The Bertz CT molecular complexity index is 497. The molecular weight excluding hydrogens is 321 g/mol. The van der Waals surface area contributed by atoms with Crippen LogP contribution in [0.2, 0.25) is 5.02 Å². The molecule has 1 aromatic carbocycles. The summed E-state index contributed by atoms with van der Waals surface area (Å²) in [5, 5.41) is -0.641. The van der Waals surface area contributed by atoms with E-state index in [1.54, 1.807) is 0 Å². The van der Waals surface area contributed by atoms with Crippen LogP contribution in [0, 0.1) is 0 Å². The minimum absolute atomic E-state index is 0.0163. The van der Waals surface area contributed by atoms with Crippen LogP contribution in [0.3, 0.4) is 0 Å². The number of hydroxylamine groups is 2. The lowest BCUT2D eigenvalue weighted by Gasteiger charge is -2.18. The normalized spacial score (nSPS) is 11.3. The lowest BCUT2D eigenvalue weighted by atomic mass is 10.2. The molecule has 0 aliphatic rings. The van der Waals surface area contributed by atoms with Crippen molar-refractivity contribution in [2.24, 2.45) is 0 Å². The van der Waals surface area contributed by atoms with Gasteiger partial charge in [0.25, 0.3) is 0 Å². The van der Waals surface area contributed by atoms with E-state index in [2.05, 4.69) is 22.8 Å². The molecule has 0 radical (unpaired) electrons. The molecule has 0 saturated heterocycles.